The Hall–Kier alpha value is -3.47. The van der Waals surface area contributed by atoms with Crippen molar-refractivity contribution in [3.05, 3.63) is 79.0 Å². The molecule has 0 saturated carbocycles. The van der Waals surface area contributed by atoms with Gasteiger partial charge in [-0.05, 0) is 24.3 Å². The number of aromatic nitrogens is 3. The third-order valence-corrected chi connectivity index (χ3v) is 7.87. The van der Waals surface area contributed by atoms with E-state index in [2.05, 4.69) is 15.3 Å². The van der Waals surface area contributed by atoms with Crippen molar-refractivity contribution in [3.63, 3.8) is 0 Å². The monoisotopic (exact) mass is 523 g/mol. The molecule has 1 atom stereocenters. The van der Waals surface area contributed by atoms with Gasteiger partial charge in [-0.3, -0.25) is 19.1 Å². The molecule has 2 aliphatic rings. The molecule has 184 valence electrons. The normalized spacial score (nSPS) is 17.2. The van der Waals surface area contributed by atoms with Crippen LogP contribution in [0.25, 0.3) is 21.3 Å². The van der Waals surface area contributed by atoms with E-state index in [4.69, 9.17) is 16.3 Å². The van der Waals surface area contributed by atoms with E-state index in [0.29, 0.717) is 30.3 Å². The summed E-state index contributed by atoms with van der Waals surface area (Å²) in [5, 5.41) is 3.82. The quantitative estimate of drug-likeness (QED) is 0.424. The van der Waals surface area contributed by atoms with Crippen molar-refractivity contribution < 1.29 is 9.53 Å². The van der Waals surface area contributed by atoms with Gasteiger partial charge in [-0.15, -0.1) is 11.3 Å². The zero-order chi connectivity index (χ0) is 24.8. The van der Waals surface area contributed by atoms with Crippen molar-refractivity contribution in [2.45, 2.75) is 19.1 Å². The second-order valence-electron chi connectivity index (χ2n) is 8.82. The summed E-state index contributed by atoms with van der Waals surface area (Å²) in [5.74, 6) is 0.651. The first-order chi connectivity index (χ1) is 17.5. The standard InChI is InChI=1S/C25H22ClN5O4S/c26-15-9-14-10-20(24(33)30-7-5-27-6-8-30)35-22(14)18(11-15)17-1-3-28-19-12-16(36-23(17)19)13-31-21(32)2-4-29-25(31)34/h1-4,9,11-12,20,27H,5-8,10,13H2,(H,29,34). The smallest absolute Gasteiger partial charge is 0.328 e. The number of nitrogens with zero attached hydrogens (tertiary/aromatic N) is 3. The maximum atomic E-state index is 13.1. The van der Waals surface area contributed by atoms with E-state index in [1.54, 1.807) is 6.20 Å². The molecule has 9 nitrogen and oxygen atoms in total. The number of pyridine rings is 1. The van der Waals surface area contributed by atoms with Gasteiger partial charge in [0.1, 0.15) is 5.75 Å². The molecule has 1 unspecified atom stereocenters. The van der Waals surface area contributed by atoms with Gasteiger partial charge in [0.05, 0.1) is 16.8 Å². The van der Waals surface area contributed by atoms with Crippen LogP contribution in [0.4, 0.5) is 0 Å². The lowest BCUT2D eigenvalue weighted by molar-refractivity contribution is -0.138. The van der Waals surface area contributed by atoms with Crippen LogP contribution < -0.4 is 21.3 Å². The van der Waals surface area contributed by atoms with Crippen LogP contribution in [0.5, 0.6) is 5.75 Å². The number of ether oxygens (including phenoxy) is 1. The van der Waals surface area contributed by atoms with E-state index in [0.717, 1.165) is 49.4 Å². The first-order valence-corrected chi connectivity index (χ1v) is 12.8. The number of halogens is 1. The zero-order valence-electron chi connectivity index (χ0n) is 19.1. The van der Waals surface area contributed by atoms with Crippen LogP contribution in [0.2, 0.25) is 5.02 Å². The second-order valence-corrected chi connectivity index (χ2v) is 10.4. The first-order valence-electron chi connectivity index (χ1n) is 11.6. The molecule has 0 spiro atoms. The Morgan fingerprint density at radius 1 is 1.17 bits per heavy atom. The van der Waals surface area contributed by atoms with Crippen molar-refractivity contribution >= 4 is 39.1 Å². The van der Waals surface area contributed by atoms with Gasteiger partial charge in [0, 0.05) is 77.7 Å². The molecule has 3 aromatic heterocycles. The molecule has 4 aromatic rings. The van der Waals surface area contributed by atoms with Crippen LogP contribution in [0.3, 0.4) is 0 Å². The lowest BCUT2D eigenvalue weighted by atomic mass is 10.0. The minimum absolute atomic E-state index is 0.00779. The summed E-state index contributed by atoms with van der Waals surface area (Å²) < 4.78 is 8.31. The highest BCUT2D eigenvalue weighted by atomic mass is 35.5. The van der Waals surface area contributed by atoms with Gasteiger partial charge < -0.3 is 19.9 Å². The van der Waals surface area contributed by atoms with Gasteiger partial charge in [-0.1, -0.05) is 11.6 Å². The number of hydrogen-bond acceptors (Lipinski definition) is 7. The van der Waals surface area contributed by atoms with Crippen LogP contribution in [0, 0.1) is 0 Å². The third-order valence-electron chi connectivity index (χ3n) is 6.51. The lowest BCUT2D eigenvalue weighted by Gasteiger charge is -2.29. The number of hydrogen-bond donors (Lipinski definition) is 2. The predicted molar refractivity (Wildman–Crippen MR) is 138 cm³/mol. The van der Waals surface area contributed by atoms with Crippen molar-refractivity contribution in [1.82, 2.24) is 24.8 Å². The minimum Gasteiger partial charge on any atom is -0.479 e. The number of carbonyl (C=O) groups excluding carboxylic acids is 1. The molecule has 1 fully saturated rings. The highest BCUT2D eigenvalue weighted by molar-refractivity contribution is 7.19. The fraction of sp³-hybridized carbons (Fsp3) is 0.280. The van der Waals surface area contributed by atoms with Gasteiger partial charge in [0.2, 0.25) is 0 Å². The maximum absolute atomic E-state index is 13.1. The van der Waals surface area contributed by atoms with Crippen LogP contribution in [0.1, 0.15) is 10.4 Å². The summed E-state index contributed by atoms with van der Waals surface area (Å²) in [6.45, 7) is 3.02. The molecule has 0 bridgehead atoms. The van der Waals surface area contributed by atoms with E-state index < -0.39 is 11.8 Å². The summed E-state index contributed by atoms with van der Waals surface area (Å²) in [6, 6.07) is 8.80. The summed E-state index contributed by atoms with van der Waals surface area (Å²) in [6.07, 6.45) is 2.94. The number of benzene rings is 1. The summed E-state index contributed by atoms with van der Waals surface area (Å²) in [4.78, 5) is 47.1. The van der Waals surface area contributed by atoms with E-state index in [-0.39, 0.29) is 18.0 Å². The molecule has 1 aromatic carbocycles. The van der Waals surface area contributed by atoms with E-state index in [9.17, 15) is 14.4 Å². The lowest BCUT2D eigenvalue weighted by Crippen LogP contribution is -2.50. The number of aromatic amines is 1. The Kier molecular flexibility index (Phi) is 5.87. The molecule has 2 aliphatic heterocycles. The molecule has 11 heteroatoms. The van der Waals surface area contributed by atoms with Gasteiger partial charge in [0.25, 0.3) is 11.5 Å². The van der Waals surface area contributed by atoms with Crippen molar-refractivity contribution in [2.75, 3.05) is 26.2 Å². The molecule has 36 heavy (non-hydrogen) atoms. The highest BCUT2D eigenvalue weighted by Gasteiger charge is 2.35. The van der Waals surface area contributed by atoms with E-state index >= 15 is 0 Å². The van der Waals surface area contributed by atoms with Gasteiger partial charge in [-0.2, -0.15) is 0 Å². The summed E-state index contributed by atoms with van der Waals surface area (Å²) in [5.41, 5.74) is 2.48. The average molecular weight is 524 g/mol. The van der Waals surface area contributed by atoms with Crippen molar-refractivity contribution in [2.24, 2.45) is 0 Å². The number of rotatable bonds is 4. The first kappa shape index (κ1) is 23.0. The Morgan fingerprint density at radius 3 is 2.81 bits per heavy atom. The Bertz CT molecular complexity index is 1580. The Labute approximate surface area is 214 Å². The maximum Gasteiger partial charge on any atom is 0.328 e. The average Bonchev–Trinajstić information content (AvgIpc) is 3.49. The van der Waals surface area contributed by atoms with Crippen molar-refractivity contribution in [1.29, 1.82) is 0 Å². The topological polar surface area (TPSA) is 109 Å². The molecular weight excluding hydrogens is 502 g/mol. The number of carbonyl (C=O) groups is 1. The fourth-order valence-corrected chi connectivity index (χ4v) is 6.16. The molecule has 5 heterocycles. The number of amides is 1. The Morgan fingerprint density at radius 2 is 2.00 bits per heavy atom. The largest absolute Gasteiger partial charge is 0.479 e. The van der Waals surface area contributed by atoms with Gasteiger partial charge in [-0.25, -0.2) is 4.79 Å². The fourth-order valence-electron chi connectivity index (χ4n) is 4.79. The highest BCUT2D eigenvalue weighted by Crippen LogP contribution is 2.44. The Balaban J connectivity index is 1.37. The van der Waals surface area contributed by atoms with Crippen LogP contribution in [0.15, 0.2) is 52.3 Å². The second kappa shape index (κ2) is 9.20. The number of piperazine rings is 1. The molecule has 6 rings (SSSR count). The van der Waals surface area contributed by atoms with Gasteiger partial charge >= 0.3 is 5.69 Å². The summed E-state index contributed by atoms with van der Waals surface area (Å²) >= 11 is 7.96. The SMILES string of the molecule is O=C(C1Cc2cc(Cl)cc(-c3ccnc4cc(Cn5c(=O)cc[nH]c5=O)sc34)c2O1)N1CCNCC1. The van der Waals surface area contributed by atoms with E-state index in [1.807, 2.05) is 29.2 Å². The molecular formula is C25H22ClN5O4S. The number of H-pyrrole nitrogens is 1. The molecule has 0 aliphatic carbocycles. The number of thiophene rings is 1. The molecule has 1 amide bonds. The molecule has 0 radical (unpaired) electrons. The van der Waals surface area contributed by atoms with Crippen molar-refractivity contribution in [3.8, 4) is 16.9 Å². The molecule has 1 saturated heterocycles. The van der Waals surface area contributed by atoms with Crippen LogP contribution >= 0.6 is 22.9 Å². The third kappa shape index (κ3) is 4.11. The van der Waals surface area contributed by atoms with Crippen LogP contribution in [-0.4, -0.2) is 57.6 Å². The zero-order valence-corrected chi connectivity index (χ0v) is 20.7. The number of nitrogens with one attached hydrogen (secondary N) is 2. The summed E-state index contributed by atoms with van der Waals surface area (Å²) in [7, 11) is 0. The van der Waals surface area contributed by atoms with E-state index in [1.165, 1.54) is 23.6 Å². The van der Waals surface area contributed by atoms with Crippen LogP contribution in [-0.2, 0) is 17.8 Å². The number of fused-ring (bicyclic) bond motifs is 2. The minimum atomic E-state index is -0.580. The molecule has 2 N–H and O–H groups in total. The van der Waals surface area contributed by atoms with Gasteiger partial charge in [0.15, 0.2) is 6.10 Å². The predicted octanol–water partition coefficient (Wildman–Crippen LogP) is 2.25.